The molecule has 0 saturated carbocycles. The zero-order chi connectivity index (χ0) is 5.70. The maximum Gasteiger partial charge on any atom is 0.231 e. The Labute approximate surface area is 41.0 Å². The van der Waals surface area contributed by atoms with E-state index in [2.05, 4.69) is 0 Å². The van der Waals surface area contributed by atoms with Gasteiger partial charge >= 0.3 is 0 Å². The second-order valence-electron chi connectivity index (χ2n) is 1.24. The highest BCUT2D eigenvalue weighted by Crippen LogP contribution is 1.97. The highest BCUT2D eigenvalue weighted by molar-refractivity contribution is 4.37. The Bertz CT molecular complexity index is 38.7. The SMILES string of the molecule is [O]C(F)CCCF. The van der Waals surface area contributed by atoms with Crippen LogP contribution in [-0.2, 0) is 5.11 Å². The number of rotatable bonds is 3. The van der Waals surface area contributed by atoms with Crippen molar-refractivity contribution in [2.75, 3.05) is 6.67 Å². The molecule has 0 aromatic rings. The third kappa shape index (κ3) is 5.82. The predicted molar refractivity (Wildman–Crippen MR) is 20.8 cm³/mol. The lowest BCUT2D eigenvalue weighted by atomic mass is 10.3. The van der Waals surface area contributed by atoms with Crippen LogP contribution in [-0.4, -0.2) is 13.0 Å². The van der Waals surface area contributed by atoms with Gasteiger partial charge in [-0.25, -0.2) is 4.39 Å². The van der Waals surface area contributed by atoms with Crippen LogP contribution in [0.4, 0.5) is 8.78 Å². The van der Waals surface area contributed by atoms with Gasteiger partial charge in [-0.05, 0) is 6.42 Å². The van der Waals surface area contributed by atoms with Crippen LogP contribution in [0.25, 0.3) is 0 Å². The van der Waals surface area contributed by atoms with Gasteiger partial charge in [0.05, 0.1) is 6.67 Å². The summed E-state index contributed by atoms with van der Waals surface area (Å²) in [5.74, 6) is 0. The minimum absolute atomic E-state index is 0.0463. The molecule has 3 heteroatoms. The van der Waals surface area contributed by atoms with Crippen molar-refractivity contribution < 1.29 is 13.9 Å². The van der Waals surface area contributed by atoms with E-state index in [1.807, 2.05) is 0 Å². The first-order valence-electron chi connectivity index (χ1n) is 2.13. The molecule has 0 saturated heterocycles. The van der Waals surface area contributed by atoms with Crippen LogP contribution in [0, 0.1) is 0 Å². The Morgan fingerprint density at radius 2 is 2.14 bits per heavy atom. The monoisotopic (exact) mass is 109 g/mol. The fraction of sp³-hybridized carbons (Fsp3) is 1.00. The van der Waals surface area contributed by atoms with Gasteiger partial charge in [0, 0.05) is 6.42 Å². The average molecular weight is 109 g/mol. The zero-order valence-corrected chi connectivity index (χ0v) is 3.86. The van der Waals surface area contributed by atoms with Gasteiger partial charge in [-0.2, -0.15) is 5.11 Å². The van der Waals surface area contributed by atoms with Crippen LogP contribution in [0.1, 0.15) is 12.8 Å². The second-order valence-corrected chi connectivity index (χ2v) is 1.24. The van der Waals surface area contributed by atoms with Crippen LogP contribution in [0.2, 0.25) is 0 Å². The maximum absolute atomic E-state index is 11.2. The maximum atomic E-state index is 11.2. The minimum atomic E-state index is -2.09. The van der Waals surface area contributed by atoms with E-state index in [1.165, 1.54) is 0 Å². The molecule has 1 atom stereocenters. The molecule has 0 rings (SSSR count). The highest BCUT2D eigenvalue weighted by atomic mass is 19.1. The molecule has 1 unspecified atom stereocenters. The molecule has 0 aromatic carbocycles. The normalized spacial score (nSPS) is 14.1. The van der Waals surface area contributed by atoms with Gasteiger partial charge in [-0.3, -0.25) is 4.39 Å². The Morgan fingerprint density at radius 3 is 2.29 bits per heavy atom. The van der Waals surface area contributed by atoms with Gasteiger partial charge in [0.1, 0.15) is 0 Å². The molecule has 43 valence electrons. The Hall–Kier alpha value is -0.180. The molecule has 0 aliphatic rings. The number of alkyl halides is 2. The summed E-state index contributed by atoms with van der Waals surface area (Å²) in [5, 5.41) is 9.45. The van der Waals surface area contributed by atoms with Crippen molar-refractivity contribution in [3.63, 3.8) is 0 Å². The van der Waals surface area contributed by atoms with Gasteiger partial charge in [-0.1, -0.05) is 0 Å². The Morgan fingerprint density at radius 1 is 1.57 bits per heavy atom. The fourth-order valence-electron chi connectivity index (χ4n) is 0.238. The summed E-state index contributed by atoms with van der Waals surface area (Å²) in [6.07, 6.45) is -2.24. The lowest BCUT2D eigenvalue weighted by Crippen LogP contribution is -1.94. The lowest BCUT2D eigenvalue weighted by molar-refractivity contribution is -0.0302. The number of hydrogen-bond acceptors (Lipinski definition) is 0. The minimum Gasteiger partial charge on any atom is -0.251 e. The number of hydrogen-bond donors (Lipinski definition) is 0. The molecule has 0 amide bonds. The smallest absolute Gasteiger partial charge is 0.231 e. The van der Waals surface area contributed by atoms with E-state index in [-0.39, 0.29) is 12.8 Å². The van der Waals surface area contributed by atoms with Crippen molar-refractivity contribution in [3.05, 3.63) is 0 Å². The average Bonchev–Trinajstić information content (AvgIpc) is 1.61. The summed E-state index contributed by atoms with van der Waals surface area (Å²) in [4.78, 5) is 0. The van der Waals surface area contributed by atoms with Crippen molar-refractivity contribution >= 4 is 0 Å². The summed E-state index contributed by atoms with van der Waals surface area (Å²) in [5.41, 5.74) is 0. The van der Waals surface area contributed by atoms with Gasteiger partial charge < -0.3 is 0 Å². The highest BCUT2D eigenvalue weighted by Gasteiger charge is 1.98. The second kappa shape index (κ2) is 3.99. The van der Waals surface area contributed by atoms with Crippen molar-refractivity contribution in [2.45, 2.75) is 19.2 Å². The molecule has 1 nitrogen and oxygen atoms in total. The van der Waals surface area contributed by atoms with Crippen LogP contribution >= 0.6 is 0 Å². The first-order valence-corrected chi connectivity index (χ1v) is 2.13. The number of halogens is 2. The first-order chi connectivity index (χ1) is 3.27. The van der Waals surface area contributed by atoms with Crippen LogP contribution in [0.5, 0.6) is 0 Å². The van der Waals surface area contributed by atoms with Gasteiger partial charge in [0.25, 0.3) is 0 Å². The van der Waals surface area contributed by atoms with E-state index >= 15 is 0 Å². The van der Waals surface area contributed by atoms with Gasteiger partial charge in [0.15, 0.2) is 0 Å². The summed E-state index contributed by atoms with van der Waals surface area (Å²) in [7, 11) is 0. The lowest BCUT2D eigenvalue weighted by Gasteiger charge is -1.90. The van der Waals surface area contributed by atoms with E-state index in [4.69, 9.17) is 0 Å². The molecule has 7 heavy (non-hydrogen) atoms. The van der Waals surface area contributed by atoms with Crippen molar-refractivity contribution in [1.29, 1.82) is 0 Å². The van der Waals surface area contributed by atoms with Gasteiger partial charge in [0.2, 0.25) is 6.36 Å². The first kappa shape index (κ1) is 6.82. The van der Waals surface area contributed by atoms with E-state index < -0.39 is 13.0 Å². The Kier molecular flexibility index (Phi) is 3.89. The zero-order valence-electron chi connectivity index (χ0n) is 3.86. The molecule has 0 aromatic heterocycles. The summed E-state index contributed by atoms with van der Waals surface area (Å²) >= 11 is 0. The summed E-state index contributed by atoms with van der Waals surface area (Å²) in [6.45, 7) is -0.595. The standard InChI is InChI=1S/C4H7F2O/c5-3-1-2-4(6)7/h4H,1-3H2. The largest absolute Gasteiger partial charge is 0.251 e. The molecule has 1 radical (unpaired) electrons. The molecule has 0 N–H and O–H groups in total. The third-order valence-electron chi connectivity index (χ3n) is 0.565. The Balaban J connectivity index is 2.68. The van der Waals surface area contributed by atoms with E-state index in [1.54, 1.807) is 0 Å². The molecule has 0 bridgehead atoms. The van der Waals surface area contributed by atoms with Crippen LogP contribution < -0.4 is 0 Å². The molecular weight excluding hydrogens is 102 g/mol. The molecule has 0 fully saturated rings. The molecule has 0 aliphatic carbocycles. The van der Waals surface area contributed by atoms with Crippen LogP contribution in [0.3, 0.4) is 0 Å². The summed E-state index contributed by atoms with van der Waals surface area (Å²) in [6, 6.07) is 0. The van der Waals surface area contributed by atoms with E-state index in [0.717, 1.165) is 0 Å². The molecule has 0 spiro atoms. The van der Waals surface area contributed by atoms with Crippen molar-refractivity contribution in [3.8, 4) is 0 Å². The van der Waals surface area contributed by atoms with E-state index in [0.29, 0.717) is 0 Å². The van der Waals surface area contributed by atoms with Crippen molar-refractivity contribution in [1.82, 2.24) is 0 Å². The van der Waals surface area contributed by atoms with Crippen molar-refractivity contribution in [2.24, 2.45) is 0 Å². The van der Waals surface area contributed by atoms with E-state index in [9.17, 15) is 13.9 Å². The molecular formula is C4H7F2O. The molecule has 0 aliphatic heterocycles. The molecule has 0 heterocycles. The topological polar surface area (TPSA) is 19.9 Å². The summed E-state index contributed by atoms with van der Waals surface area (Å²) < 4.78 is 22.2. The third-order valence-corrected chi connectivity index (χ3v) is 0.565. The fourth-order valence-corrected chi connectivity index (χ4v) is 0.238. The predicted octanol–water partition coefficient (Wildman–Crippen LogP) is 1.46. The van der Waals surface area contributed by atoms with Gasteiger partial charge in [-0.15, -0.1) is 0 Å². The quantitative estimate of drug-likeness (QED) is 0.523. The van der Waals surface area contributed by atoms with Crippen LogP contribution in [0.15, 0.2) is 0 Å².